The molecule has 0 N–H and O–H groups in total. The molecule has 0 amide bonds. The van der Waals surface area contributed by atoms with E-state index in [-0.39, 0.29) is 24.5 Å². The van der Waals surface area contributed by atoms with Crippen LogP contribution >= 0.6 is 0 Å². The van der Waals surface area contributed by atoms with Crippen LogP contribution < -0.4 is 0 Å². The summed E-state index contributed by atoms with van der Waals surface area (Å²) in [6.45, 7) is 4.05. The van der Waals surface area contributed by atoms with E-state index in [2.05, 4.69) is 4.74 Å². The van der Waals surface area contributed by atoms with Crippen LogP contribution in [-0.2, 0) is 19.0 Å². The zero-order valence-corrected chi connectivity index (χ0v) is 11.9. The third-order valence-electron chi connectivity index (χ3n) is 3.47. The van der Waals surface area contributed by atoms with Crippen LogP contribution in [0, 0.1) is 5.92 Å². The second-order valence-corrected chi connectivity index (χ2v) is 5.02. The second kappa shape index (κ2) is 7.26. The summed E-state index contributed by atoms with van der Waals surface area (Å²) in [5.74, 6) is -2.41. The van der Waals surface area contributed by atoms with Crippen LogP contribution in [-0.4, -0.2) is 44.2 Å². The standard InChI is InChI=1S/C13H21F3O4/c1-4-10-9(5-6-18-3)11(7-8(2)19-10)20-12(17)13(14,15)16/h8-11H,4-7H2,1-3H3/t8-,9+,10+,11+/m1/s1. The Morgan fingerprint density at radius 3 is 2.55 bits per heavy atom. The van der Waals surface area contributed by atoms with Crippen LogP contribution in [0.3, 0.4) is 0 Å². The van der Waals surface area contributed by atoms with E-state index in [1.165, 1.54) is 7.11 Å². The molecule has 0 aromatic carbocycles. The molecule has 1 rings (SSSR count). The van der Waals surface area contributed by atoms with E-state index < -0.39 is 18.2 Å². The van der Waals surface area contributed by atoms with Crippen LogP contribution in [0.15, 0.2) is 0 Å². The lowest BCUT2D eigenvalue weighted by Crippen LogP contribution is -2.47. The summed E-state index contributed by atoms with van der Waals surface area (Å²) in [6, 6.07) is 0. The van der Waals surface area contributed by atoms with Gasteiger partial charge < -0.3 is 14.2 Å². The first-order valence-corrected chi connectivity index (χ1v) is 6.71. The van der Waals surface area contributed by atoms with Gasteiger partial charge in [0.15, 0.2) is 0 Å². The fourth-order valence-electron chi connectivity index (χ4n) is 2.56. The van der Waals surface area contributed by atoms with Crippen LogP contribution in [0.1, 0.15) is 33.1 Å². The van der Waals surface area contributed by atoms with Gasteiger partial charge in [-0.2, -0.15) is 13.2 Å². The average Bonchev–Trinajstić information content (AvgIpc) is 2.35. The van der Waals surface area contributed by atoms with Crippen molar-refractivity contribution in [2.45, 2.75) is 57.6 Å². The highest BCUT2D eigenvalue weighted by Crippen LogP contribution is 2.33. The highest BCUT2D eigenvalue weighted by molar-refractivity contribution is 5.75. The molecule has 0 aromatic rings. The molecule has 20 heavy (non-hydrogen) atoms. The number of carbonyl (C=O) groups excluding carboxylic acids is 1. The smallest absolute Gasteiger partial charge is 0.455 e. The first kappa shape index (κ1) is 17.2. The summed E-state index contributed by atoms with van der Waals surface area (Å²) in [7, 11) is 1.52. The molecule has 1 saturated heterocycles. The van der Waals surface area contributed by atoms with Gasteiger partial charge in [0.2, 0.25) is 0 Å². The predicted molar refractivity (Wildman–Crippen MR) is 65.2 cm³/mol. The number of carbonyl (C=O) groups is 1. The molecule has 1 heterocycles. The number of halogens is 3. The van der Waals surface area contributed by atoms with Crippen molar-refractivity contribution < 1.29 is 32.2 Å². The van der Waals surface area contributed by atoms with Crippen LogP contribution in [0.5, 0.6) is 0 Å². The minimum absolute atomic E-state index is 0.222. The van der Waals surface area contributed by atoms with Crippen LogP contribution in [0.25, 0.3) is 0 Å². The maximum Gasteiger partial charge on any atom is 0.490 e. The Balaban J connectivity index is 2.78. The largest absolute Gasteiger partial charge is 0.490 e. The summed E-state index contributed by atoms with van der Waals surface area (Å²) < 4.78 is 52.3. The third kappa shape index (κ3) is 4.63. The van der Waals surface area contributed by atoms with E-state index in [1.54, 1.807) is 6.92 Å². The Morgan fingerprint density at radius 1 is 1.40 bits per heavy atom. The minimum atomic E-state index is -4.96. The number of rotatable bonds is 5. The Bertz CT molecular complexity index is 319. The summed E-state index contributed by atoms with van der Waals surface area (Å²) in [5, 5.41) is 0. The lowest BCUT2D eigenvalue weighted by atomic mass is 9.85. The second-order valence-electron chi connectivity index (χ2n) is 5.02. The first-order chi connectivity index (χ1) is 9.29. The number of alkyl halides is 3. The lowest BCUT2D eigenvalue weighted by Gasteiger charge is -2.40. The van der Waals surface area contributed by atoms with Crippen molar-refractivity contribution in [2.75, 3.05) is 13.7 Å². The normalized spacial score (nSPS) is 31.1. The fraction of sp³-hybridized carbons (Fsp3) is 0.923. The molecule has 0 saturated carbocycles. The summed E-state index contributed by atoms with van der Waals surface area (Å²) in [5.41, 5.74) is 0. The van der Waals surface area contributed by atoms with Crippen molar-refractivity contribution in [3.05, 3.63) is 0 Å². The summed E-state index contributed by atoms with van der Waals surface area (Å²) >= 11 is 0. The van der Waals surface area contributed by atoms with Crippen molar-refractivity contribution >= 4 is 5.97 Å². The van der Waals surface area contributed by atoms with Gasteiger partial charge >= 0.3 is 12.1 Å². The average molecular weight is 298 g/mol. The zero-order chi connectivity index (χ0) is 15.3. The van der Waals surface area contributed by atoms with Crippen molar-refractivity contribution in [3.63, 3.8) is 0 Å². The van der Waals surface area contributed by atoms with Crippen molar-refractivity contribution in [1.29, 1.82) is 0 Å². The SMILES string of the molecule is CC[C@@H]1O[C@H](C)C[C@H](OC(=O)C(F)(F)F)[C@H]1CCOC. The molecule has 1 fully saturated rings. The molecule has 0 unspecified atom stereocenters. The maximum atomic E-state index is 12.3. The Morgan fingerprint density at radius 2 is 2.05 bits per heavy atom. The van der Waals surface area contributed by atoms with Crippen molar-refractivity contribution in [3.8, 4) is 0 Å². The number of methoxy groups -OCH3 is 1. The van der Waals surface area contributed by atoms with Gasteiger partial charge in [-0.1, -0.05) is 6.92 Å². The van der Waals surface area contributed by atoms with Gasteiger partial charge in [-0.3, -0.25) is 0 Å². The monoisotopic (exact) mass is 298 g/mol. The highest BCUT2D eigenvalue weighted by atomic mass is 19.4. The van der Waals surface area contributed by atoms with Crippen molar-refractivity contribution in [2.24, 2.45) is 5.92 Å². The predicted octanol–water partition coefficient (Wildman–Crippen LogP) is 2.70. The molecule has 4 atom stereocenters. The van der Waals surface area contributed by atoms with E-state index in [1.807, 2.05) is 6.92 Å². The molecule has 0 spiro atoms. The Hall–Kier alpha value is -0.820. The molecular formula is C13H21F3O4. The lowest BCUT2D eigenvalue weighted by molar-refractivity contribution is -0.219. The molecule has 118 valence electrons. The van der Waals surface area contributed by atoms with Gasteiger partial charge in [0.1, 0.15) is 6.10 Å². The molecule has 0 aliphatic carbocycles. The van der Waals surface area contributed by atoms with Gasteiger partial charge in [-0.25, -0.2) is 4.79 Å². The molecule has 1 aliphatic rings. The number of hydrogen-bond donors (Lipinski definition) is 0. The molecule has 7 heteroatoms. The van der Waals surface area contributed by atoms with E-state index in [9.17, 15) is 18.0 Å². The number of esters is 1. The topological polar surface area (TPSA) is 44.8 Å². The highest BCUT2D eigenvalue weighted by Gasteiger charge is 2.46. The van der Waals surface area contributed by atoms with Gasteiger partial charge in [0.05, 0.1) is 12.2 Å². The van der Waals surface area contributed by atoms with Crippen LogP contribution in [0.4, 0.5) is 13.2 Å². The molecule has 0 radical (unpaired) electrons. The van der Waals surface area contributed by atoms with Gasteiger partial charge in [-0.05, 0) is 19.8 Å². The summed E-state index contributed by atoms with van der Waals surface area (Å²) in [4.78, 5) is 11.0. The van der Waals surface area contributed by atoms with Crippen LogP contribution in [0.2, 0.25) is 0 Å². The van der Waals surface area contributed by atoms with E-state index in [0.29, 0.717) is 19.4 Å². The third-order valence-corrected chi connectivity index (χ3v) is 3.47. The molecular weight excluding hydrogens is 277 g/mol. The van der Waals surface area contributed by atoms with E-state index in [0.717, 1.165) is 0 Å². The molecule has 0 aromatic heterocycles. The van der Waals surface area contributed by atoms with Gasteiger partial charge in [-0.15, -0.1) is 0 Å². The van der Waals surface area contributed by atoms with Crippen molar-refractivity contribution in [1.82, 2.24) is 0 Å². The van der Waals surface area contributed by atoms with E-state index in [4.69, 9.17) is 9.47 Å². The molecule has 0 bridgehead atoms. The maximum absolute atomic E-state index is 12.3. The molecule has 4 nitrogen and oxygen atoms in total. The quantitative estimate of drug-likeness (QED) is 0.732. The fourth-order valence-corrected chi connectivity index (χ4v) is 2.56. The van der Waals surface area contributed by atoms with Gasteiger partial charge in [0.25, 0.3) is 0 Å². The first-order valence-electron chi connectivity index (χ1n) is 6.71. The molecule has 1 aliphatic heterocycles. The Labute approximate surface area is 116 Å². The van der Waals surface area contributed by atoms with E-state index >= 15 is 0 Å². The number of ether oxygens (including phenoxy) is 3. The zero-order valence-electron chi connectivity index (χ0n) is 11.9. The minimum Gasteiger partial charge on any atom is -0.455 e. The summed E-state index contributed by atoms with van der Waals surface area (Å²) in [6.07, 6.45) is -4.78. The Kier molecular flexibility index (Phi) is 6.26. The number of hydrogen-bond acceptors (Lipinski definition) is 4. The van der Waals surface area contributed by atoms with Gasteiger partial charge in [0, 0.05) is 26.1 Å².